The van der Waals surface area contributed by atoms with Crippen LogP contribution in [0.25, 0.3) is 0 Å². The first-order valence-electron chi connectivity index (χ1n) is 5.44. The van der Waals surface area contributed by atoms with E-state index in [0.717, 1.165) is 0 Å². The van der Waals surface area contributed by atoms with E-state index in [-0.39, 0.29) is 5.91 Å². The minimum atomic E-state index is -1.27. The molecular weight excluding hydrogens is 238 g/mol. The molecule has 1 aromatic carbocycles. The molecule has 0 aliphatic rings. The van der Waals surface area contributed by atoms with Crippen molar-refractivity contribution in [3.05, 3.63) is 34.9 Å². The van der Waals surface area contributed by atoms with Crippen LogP contribution in [0.2, 0.25) is 5.02 Å². The average molecular weight is 256 g/mol. The first kappa shape index (κ1) is 14.0. The van der Waals surface area contributed by atoms with Gasteiger partial charge in [0.2, 0.25) is 5.91 Å². The molecule has 0 saturated carbocycles. The maximum Gasteiger partial charge on any atom is 0.228 e. The standard InChI is InChI=1S/C13H18ClNO2/c1-12(2,11(16)15-4)13(3,17)9-5-7-10(14)8-6-9/h5-8,17H,1-4H3,(H,15,16). The monoisotopic (exact) mass is 255 g/mol. The van der Waals surface area contributed by atoms with Crippen LogP contribution in [-0.4, -0.2) is 18.1 Å². The Morgan fingerprint density at radius 2 is 1.71 bits per heavy atom. The number of benzene rings is 1. The Morgan fingerprint density at radius 1 is 1.24 bits per heavy atom. The summed E-state index contributed by atoms with van der Waals surface area (Å²) in [6.07, 6.45) is 0. The van der Waals surface area contributed by atoms with Crippen LogP contribution in [-0.2, 0) is 10.4 Å². The molecule has 3 nitrogen and oxygen atoms in total. The smallest absolute Gasteiger partial charge is 0.228 e. The summed E-state index contributed by atoms with van der Waals surface area (Å²) in [5.74, 6) is -0.211. The summed E-state index contributed by atoms with van der Waals surface area (Å²) in [5, 5.41) is 13.8. The van der Waals surface area contributed by atoms with E-state index in [4.69, 9.17) is 11.6 Å². The first-order chi connectivity index (χ1) is 7.73. The van der Waals surface area contributed by atoms with E-state index >= 15 is 0 Å². The summed E-state index contributed by atoms with van der Waals surface area (Å²) in [7, 11) is 1.56. The summed E-state index contributed by atoms with van der Waals surface area (Å²) in [6, 6.07) is 6.86. The lowest BCUT2D eigenvalue weighted by Gasteiger charge is -2.38. The number of amides is 1. The predicted octanol–water partition coefficient (Wildman–Crippen LogP) is 2.32. The molecule has 0 radical (unpaired) electrons. The average Bonchev–Trinajstić information content (AvgIpc) is 2.28. The molecule has 1 unspecified atom stereocenters. The van der Waals surface area contributed by atoms with Crippen LogP contribution >= 0.6 is 11.6 Å². The highest BCUT2D eigenvalue weighted by Gasteiger charge is 2.46. The zero-order valence-electron chi connectivity index (χ0n) is 10.5. The van der Waals surface area contributed by atoms with Crippen molar-refractivity contribution in [1.29, 1.82) is 0 Å². The van der Waals surface area contributed by atoms with E-state index in [9.17, 15) is 9.90 Å². The lowest BCUT2D eigenvalue weighted by Crippen LogP contribution is -2.49. The molecule has 0 aromatic heterocycles. The topological polar surface area (TPSA) is 49.3 Å². The van der Waals surface area contributed by atoms with Crippen LogP contribution in [0, 0.1) is 5.41 Å². The first-order valence-corrected chi connectivity index (χ1v) is 5.82. The van der Waals surface area contributed by atoms with Crippen LogP contribution in [0.1, 0.15) is 26.3 Å². The molecule has 0 heterocycles. The van der Waals surface area contributed by atoms with Gasteiger partial charge in [-0.2, -0.15) is 0 Å². The highest BCUT2D eigenvalue weighted by atomic mass is 35.5. The fourth-order valence-corrected chi connectivity index (χ4v) is 1.79. The quantitative estimate of drug-likeness (QED) is 0.871. The lowest BCUT2D eigenvalue weighted by atomic mass is 9.71. The lowest BCUT2D eigenvalue weighted by molar-refractivity contribution is -0.145. The molecule has 0 aliphatic heterocycles. The van der Waals surface area contributed by atoms with Crippen LogP contribution in [0.3, 0.4) is 0 Å². The molecular formula is C13H18ClNO2. The number of carbonyl (C=O) groups excluding carboxylic acids is 1. The van der Waals surface area contributed by atoms with Crippen molar-refractivity contribution >= 4 is 17.5 Å². The SMILES string of the molecule is CNC(=O)C(C)(C)C(C)(O)c1ccc(Cl)cc1. The van der Waals surface area contributed by atoms with Crippen LogP contribution in [0.4, 0.5) is 0 Å². The van der Waals surface area contributed by atoms with Gasteiger partial charge in [0.25, 0.3) is 0 Å². The van der Waals surface area contributed by atoms with Gasteiger partial charge in [-0.15, -0.1) is 0 Å². The maximum absolute atomic E-state index is 11.8. The third-order valence-electron chi connectivity index (χ3n) is 3.42. The van der Waals surface area contributed by atoms with E-state index < -0.39 is 11.0 Å². The predicted molar refractivity (Wildman–Crippen MR) is 68.9 cm³/mol. The van der Waals surface area contributed by atoms with Gasteiger partial charge < -0.3 is 10.4 Å². The third-order valence-corrected chi connectivity index (χ3v) is 3.67. The van der Waals surface area contributed by atoms with Crippen molar-refractivity contribution in [3.63, 3.8) is 0 Å². The molecule has 1 aromatic rings. The van der Waals surface area contributed by atoms with Gasteiger partial charge in [-0.25, -0.2) is 0 Å². The summed E-state index contributed by atoms with van der Waals surface area (Å²) in [6.45, 7) is 5.05. The molecule has 0 saturated heterocycles. The highest BCUT2D eigenvalue weighted by molar-refractivity contribution is 6.30. The Morgan fingerprint density at radius 3 is 2.12 bits per heavy atom. The Bertz CT molecular complexity index is 410. The van der Waals surface area contributed by atoms with Gasteiger partial charge in [0.1, 0.15) is 5.60 Å². The van der Waals surface area contributed by atoms with Gasteiger partial charge in [-0.05, 0) is 38.5 Å². The second kappa shape index (κ2) is 4.67. The van der Waals surface area contributed by atoms with E-state index in [1.165, 1.54) is 0 Å². The summed E-state index contributed by atoms with van der Waals surface area (Å²) < 4.78 is 0. The van der Waals surface area contributed by atoms with E-state index in [1.54, 1.807) is 52.1 Å². The number of aliphatic hydroxyl groups is 1. The Kier molecular flexibility index (Phi) is 3.84. The zero-order valence-corrected chi connectivity index (χ0v) is 11.3. The van der Waals surface area contributed by atoms with E-state index in [1.807, 2.05) is 0 Å². The largest absolute Gasteiger partial charge is 0.384 e. The van der Waals surface area contributed by atoms with Crippen molar-refractivity contribution in [3.8, 4) is 0 Å². The van der Waals surface area contributed by atoms with Crippen molar-refractivity contribution in [1.82, 2.24) is 5.32 Å². The third kappa shape index (κ3) is 2.45. The van der Waals surface area contributed by atoms with E-state index in [2.05, 4.69) is 5.32 Å². The second-order valence-corrected chi connectivity index (χ2v) is 5.22. The fourth-order valence-electron chi connectivity index (χ4n) is 1.67. The summed E-state index contributed by atoms with van der Waals surface area (Å²) in [4.78, 5) is 11.8. The van der Waals surface area contributed by atoms with Crippen molar-refractivity contribution in [2.45, 2.75) is 26.4 Å². The molecule has 94 valence electrons. The van der Waals surface area contributed by atoms with Crippen molar-refractivity contribution < 1.29 is 9.90 Å². The molecule has 4 heteroatoms. The number of hydrogen-bond donors (Lipinski definition) is 2. The number of halogens is 1. The number of nitrogens with one attached hydrogen (secondary N) is 1. The second-order valence-electron chi connectivity index (χ2n) is 4.78. The molecule has 1 amide bonds. The minimum absolute atomic E-state index is 0.211. The minimum Gasteiger partial charge on any atom is -0.384 e. The molecule has 0 spiro atoms. The molecule has 0 bridgehead atoms. The van der Waals surface area contributed by atoms with Crippen molar-refractivity contribution in [2.24, 2.45) is 5.41 Å². The van der Waals surface area contributed by atoms with Gasteiger partial charge in [0.05, 0.1) is 5.41 Å². The van der Waals surface area contributed by atoms with Crippen LogP contribution in [0.5, 0.6) is 0 Å². The molecule has 2 N–H and O–H groups in total. The van der Waals surface area contributed by atoms with Crippen molar-refractivity contribution in [2.75, 3.05) is 7.05 Å². The van der Waals surface area contributed by atoms with Gasteiger partial charge in [0.15, 0.2) is 0 Å². The number of carbonyl (C=O) groups is 1. The fraction of sp³-hybridized carbons (Fsp3) is 0.462. The molecule has 1 rings (SSSR count). The number of rotatable bonds is 3. The highest BCUT2D eigenvalue weighted by Crippen LogP contribution is 2.39. The molecule has 0 aliphatic carbocycles. The van der Waals surface area contributed by atoms with Gasteiger partial charge in [-0.3, -0.25) is 4.79 Å². The zero-order chi connectivity index (χ0) is 13.3. The van der Waals surface area contributed by atoms with Gasteiger partial charge in [-0.1, -0.05) is 23.7 Å². The Labute approximate surface area is 107 Å². The van der Waals surface area contributed by atoms with Crippen LogP contribution < -0.4 is 5.32 Å². The number of hydrogen-bond acceptors (Lipinski definition) is 2. The maximum atomic E-state index is 11.8. The van der Waals surface area contributed by atoms with Gasteiger partial charge in [0, 0.05) is 12.1 Å². The Hall–Kier alpha value is -1.06. The molecule has 17 heavy (non-hydrogen) atoms. The molecule has 0 fully saturated rings. The van der Waals surface area contributed by atoms with Gasteiger partial charge >= 0.3 is 0 Å². The summed E-state index contributed by atoms with van der Waals surface area (Å²) >= 11 is 5.80. The normalized spacial score (nSPS) is 15.2. The molecule has 1 atom stereocenters. The Balaban J connectivity index is 3.18. The summed E-state index contributed by atoms with van der Waals surface area (Å²) in [5.41, 5.74) is -1.54. The van der Waals surface area contributed by atoms with Crippen LogP contribution in [0.15, 0.2) is 24.3 Å². The van der Waals surface area contributed by atoms with E-state index in [0.29, 0.717) is 10.6 Å².